The van der Waals surface area contributed by atoms with Gasteiger partial charge in [-0.3, -0.25) is 9.69 Å². The van der Waals surface area contributed by atoms with Gasteiger partial charge in [-0.2, -0.15) is 9.78 Å². The second-order valence-electron chi connectivity index (χ2n) is 7.98. The van der Waals surface area contributed by atoms with Crippen LogP contribution in [0.1, 0.15) is 49.2 Å². The molecule has 1 atom stereocenters. The van der Waals surface area contributed by atoms with E-state index in [1.54, 1.807) is 23.5 Å². The molecule has 1 saturated heterocycles. The average Bonchev–Trinajstić information content (AvgIpc) is 3.21. The number of hydrogen-bond acceptors (Lipinski definition) is 5. The van der Waals surface area contributed by atoms with Gasteiger partial charge >= 0.3 is 0 Å². The zero-order chi connectivity index (χ0) is 18.5. The molecule has 0 unspecified atom stereocenters. The van der Waals surface area contributed by atoms with E-state index < -0.39 is 0 Å². The van der Waals surface area contributed by atoms with Crippen molar-refractivity contribution in [2.24, 2.45) is 0 Å². The molecule has 3 heterocycles. The van der Waals surface area contributed by atoms with Crippen molar-refractivity contribution in [3.05, 3.63) is 51.4 Å². The molecule has 5 rings (SSSR count). The molecule has 0 bridgehead atoms. The quantitative estimate of drug-likeness (QED) is 0.692. The highest BCUT2D eigenvalue weighted by molar-refractivity contribution is 7.18. The molecule has 27 heavy (non-hydrogen) atoms. The lowest BCUT2D eigenvalue weighted by Gasteiger charge is -2.42. The average molecular weight is 381 g/mol. The van der Waals surface area contributed by atoms with Gasteiger partial charge in [0.1, 0.15) is 0 Å². The summed E-state index contributed by atoms with van der Waals surface area (Å²) in [4.78, 5) is 19.7. The highest BCUT2D eigenvalue weighted by atomic mass is 32.1. The highest BCUT2D eigenvalue weighted by Crippen LogP contribution is 2.44. The lowest BCUT2D eigenvalue weighted by Crippen LogP contribution is -2.45. The zero-order valence-corrected chi connectivity index (χ0v) is 16.6. The maximum absolute atomic E-state index is 12.1. The Morgan fingerprint density at radius 2 is 2.04 bits per heavy atom. The van der Waals surface area contributed by atoms with Gasteiger partial charge in [0.05, 0.1) is 26.6 Å². The molecule has 0 N–H and O–H groups in total. The molecule has 1 saturated carbocycles. The van der Waals surface area contributed by atoms with Crippen LogP contribution < -0.4 is 5.56 Å². The fourth-order valence-corrected chi connectivity index (χ4v) is 5.61. The Bertz CT molecular complexity index is 1050. The maximum atomic E-state index is 12.1. The number of benzene rings is 1. The number of thiazole rings is 1. The first-order valence-electron chi connectivity index (χ1n) is 9.82. The van der Waals surface area contributed by atoms with E-state index in [1.807, 2.05) is 25.1 Å². The molecule has 3 aromatic rings. The summed E-state index contributed by atoms with van der Waals surface area (Å²) in [5.41, 5.74) is 2.56. The molecule has 0 amide bonds. The van der Waals surface area contributed by atoms with Crippen LogP contribution in [0.25, 0.3) is 15.9 Å². The van der Waals surface area contributed by atoms with Gasteiger partial charge in [-0.1, -0.05) is 0 Å². The molecule has 140 valence electrons. The van der Waals surface area contributed by atoms with E-state index in [2.05, 4.69) is 16.9 Å². The number of aryl methyl sites for hydroxylation is 1. The van der Waals surface area contributed by atoms with E-state index in [-0.39, 0.29) is 5.56 Å². The summed E-state index contributed by atoms with van der Waals surface area (Å²) in [6.45, 7) is 5.52. The van der Waals surface area contributed by atoms with E-state index in [0.29, 0.717) is 5.92 Å². The van der Waals surface area contributed by atoms with Crippen molar-refractivity contribution in [3.63, 3.8) is 0 Å². The minimum Gasteiger partial charge on any atom is -0.298 e. The van der Waals surface area contributed by atoms with Crippen molar-refractivity contribution in [1.29, 1.82) is 0 Å². The van der Waals surface area contributed by atoms with Crippen LogP contribution in [-0.2, 0) is 0 Å². The van der Waals surface area contributed by atoms with Gasteiger partial charge in [0, 0.05) is 24.1 Å². The Morgan fingerprint density at radius 1 is 1.19 bits per heavy atom. The zero-order valence-electron chi connectivity index (χ0n) is 15.8. The Balaban J connectivity index is 1.39. The molecule has 1 aliphatic heterocycles. The van der Waals surface area contributed by atoms with E-state index in [4.69, 9.17) is 4.98 Å². The summed E-state index contributed by atoms with van der Waals surface area (Å²) in [7, 11) is 0. The van der Waals surface area contributed by atoms with E-state index in [0.717, 1.165) is 33.7 Å². The summed E-state index contributed by atoms with van der Waals surface area (Å²) in [6.07, 6.45) is 5.15. The molecular weight excluding hydrogens is 356 g/mol. The van der Waals surface area contributed by atoms with Crippen molar-refractivity contribution in [3.8, 4) is 5.69 Å². The molecule has 5 nitrogen and oxygen atoms in total. The number of rotatable bonds is 3. The van der Waals surface area contributed by atoms with Crippen LogP contribution in [0.2, 0.25) is 0 Å². The number of hydrogen-bond donors (Lipinski definition) is 0. The van der Waals surface area contributed by atoms with Crippen molar-refractivity contribution in [2.45, 2.75) is 57.5 Å². The number of aromatic nitrogens is 3. The predicted octanol–water partition coefficient (Wildman–Crippen LogP) is 3.88. The summed E-state index contributed by atoms with van der Waals surface area (Å²) in [6, 6.07) is 10.8. The van der Waals surface area contributed by atoms with E-state index in [1.165, 1.54) is 41.9 Å². The largest absolute Gasteiger partial charge is 0.298 e. The van der Waals surface area contributed by atoms with Gasteiger partial charge in [0.2, 0.25) is 0 Å². The topological polar surface area (TPSA) is 51.0 Å². The first-order valence-corrected chi connectivity index (χ1v) is 10.6. The lowest BCUT2D eigenvalue weighted by molar-refractivity contribution is 0.103. The van der Waals surface area contributed by atoms with Crippen molar-refractivity contribution in [2.75, 3.05) is 6.54 Å². The number of fused-ring (bicyclic) bond motifs is 1. The van der Waals surface area contributed by atoms with E-state index in [9.17, 15) is 4.79 Å². The summed E-state index contributed by atoms with van der Waals surface area (Å²) in [5.74, 6) is 0.587. The highest BCUT2D eigenvalue weighted by Gasteiger charge is 2.39. The van der Waals surface area contributed by atoms with E-state index >= 15 is 0 Å². The molecule has 1 aromatic carbocycles. The molecule has 2 aromatic heterocycles. The third-order valence-corrected chi connectivity index (χ3v) is 7.28. The second kappa shape index (κ2) is 6.53. The molecule has 0 spiro atoms. The summed E-state index contributed by atoms with van der Waals surface area (Å²) in [5, 5.41) is 5.61. The fourth-order valence-electron chi connectivity index (χ4n) is 4.48. The van der Waals surface area contributed by atoms with Crippen LogP contribution in [0, 0.1) is 6.92 Å². The Morgan fingerprint density at radius 3 is 2.81 bits per heavy atom. The Labute approximate surface area is 162 Å². The van der Waals surface area contributed by atoms with Gasteiger partial charge in [0.25, 0.3) is 5.56 Å². The third-order valence-electron chi connectivity index (χ3n) is 6.10. The standard InChI is InChI=1S/C21H24N4OS/c1-13-5-8-20(26)25(23-13)16-6-7-18-19(12-16)27-21(22-18)15-10-17(11-15)24-9-3-4-14(24)2/h5-8,12,14-15,17H,3-4,9-11H2,1-2H3/t14-,15-,17-/m1/s1. The van der Waals surface area contributed by atoms with Gasteiger partial charge in [-0.15, -0.1) is 11.3 Å². The molecular formula is C21H24N4OS. The van der Waals surface area contributed by atoms with Gasteiger partial charge in [0.15, 0.2) is 0 Å². The van der Waals surface area contributed by atoms with Crippen LogP contribution in [0.5, 0.6) is 0 Å². The minimum absolute atomic E-state index is 0.105. The van der Waals surface area contributed by atoms with Gasteiger partial charge in [-0.05, 0) is 70.3 Å². The lowest BCUT2D eigenvalue weighted by atomic mass is 9.79. The predicted molar refractivity (Wildman–Crippen MR) is 109 cm³/mol. The molecule has 1 aliphatic carbocycles. The maximum Gasteiger partial charge on any atom is 0.271 e. The van der Waals surface area contributed by atoms with Crippen molar-refractivity contribution < 1.29 is 0 Å². The summed E-state index contributed by atoms with van der Waals surface area (Å²) >= 11 is 1.77. The number of likely N-dealkylation sites (tertiary alicyclic amines) is 1. The fraction of sp³-hybridized carbons (Fsp3) is 0.476. The van der Waals surface area contributed by atoms with Crippen LogP contribution in [0.3, 0.4) is 0 Å². The monoisotopic (exact) mass is 380 g/mol. The normalized spacial score (nSPS) is 25.8. The number of nitrogens with zero attached hydrogens (tertiary/aromatic N) is 4. The van der Waals surface area contributed by atoms with Crippen molar-refractivity contribution in [1.82, 2.24) is 19.7 Å². The van der Waals surface area contributed by atoms with Gasteiger partial charge in [-0.25, -0.2) is 4.98 Å². The molecule has 0 radical (unpaired) electrons. The summed E-state index contributed by atoms with van der Waals surface area (Å²) < 4.78 is 2.61. The Hall–Kier alpha value is -2.05. The van der Waals surface area contributed by atoms with Gasteiger partial charge < -0.3 is 0 Å². The van der Waals surface area contributed by atoms with Crippen LogP contribution in [0.15, 0.2) is 35.1 Å². The second-order valence-corrected chi connectivity index (χ2v) is 9.04. The minimum atomic E-state index is -0.105. The SMILES string of the molecule is Cc1ccc(=O)n(-c2ccc3nc([C@H]4C[C@H](N5CCC[C@H]5C)C4)sc3c2)n1. The Kier molecular flexibility index (Phi) is 4.13. The van der Waals surface area contributed by atoms with Crippen molar-refractivity contribution >= 4 is 21.6 Å². The first kappa shape index (κ1) is 17.1. The molecule has 2 aliphatic rings. The first-order chi connectivity index (χ1) is 13.1. The van der Waals surface area contributed by atoms with Crippen LogP contribution in [0.4, 0.5) is 0 Å². The third kappa shape index (κ3) is 3.01. The smallest absolute Gasteiger partial charge is 0.271 e. The molecule has 6 heteroatoms. The van der Waals surface area contributed by atoms with Crippen LogP contribution >= 0.6 is 11.3 Å². The molecule has 2 fully saturated rings. The van der Waals surface area contributed by atoms with Crippen LogP contribution in [-0.4, -0.2) is 38.3 Å².